The number of rotatable bonds is 3. The second-order valence-electron chi connectivity index (χ2n) is 5.13. The highest BCUT2D eigenvalue weighted by molar-refractivity contribution is 6.35. The van der Waals surface area contributed by atoms with Crippen LogP contribution < -0.4 is 10.2 Å². The molecule has 1 aliphatic rings. The normalized spacial score (nSPS) is 16.9. The summed E-state index contributed by atoms with van der Waals surface area (Å²) in [5, 5.41) is 12.6. The van der Waals surface area contributed by atoms with Gasteiger partial charge in [-0.25, -0.2) is 9.18 Å². The quantitative estimate of drug-likeness (QED) is 0.377. The number of hydrogen-bond donors (Lipinski definition) is 1. The third-order valence-electron chi connectivity index (χ3n) is 3.63. The summed E-state index contributed by atoms with van der Waals surface area (Å²) in [6.07, 6.45) is 0. The van der Waals surface area contributed by atoms with Crippen LogP contribution in [-0.4, -0.2) is 16.9 Å². The number of nitrogens with one attached hydrogen (secondary N) is 1. The van der Waals surface area contributed by atoms with E-state index in [0.29, 0.717) is 0 Å². The average molecular weight is 384 g/mol. The first kappa shape index (κ1) is 17.1. The Kier molecular flexibility index (Phi) is 4.32. The van der Waals surface area contributed by atoms with Crippen molar-refractivity contribution in [2.45, 2.75) is 6.04 Å². The number of nitro groups is 1. The molecule has 0 bridgehead atoms. The number of non-ortho nitro benzene ring substituents is 1. The van der Waals surface area contributed by atoms with E-state index >= 15 is 0 Å². The number of amides is 3. The molecule has 2 aromatic carbocycles. The molecule has 10 heteroatoms. The Morgan fingerprint density at radius 2 is 1.76 bits per heavy atom. The van der Waals surface area contributed by atoms with E-state index in [4.69, 9.17) is 23.2 Å². The van der Waals surface area contributed by atoms with Gasteiger partial charge in [0.05, 0.1) is 9.95 Å². The van der Waals surface area contributed by atoms with Crippen LogP contribution in [0.15, 0.2) is 36.4 Å². The number of benzene rings is 2. The Bertz CT molecular complexity index is 904. The summed E-state index contributed by atoms with van der Waals surface area (Å²) in [6, 6.07) is 5.12. The average Bonchev–Trinajstić information content (AvgIpc) is 2.85. The fourth-order valence-electron chi connectivity index (χ4n) is 2.50. The standard InChI is InChI=1S/C15H8Cl2FN3O4/c16-10-6-11(17)12(18)5-9(10)13-14(22)19-15(23)20(13)7-1-3-8(4-2-7)21(24)25/h1-6,13H,(H,19,22,23). The van der Waals surface area contributed by atoms with Crippen LogP contribution in [0.1, 0.15) is 11.6 Å². The van der Waals surface area contributed by atoms with Crippen LogP contribution in [0.5, 0.6) is 0 Å². The van der Waals surface area contributed by atoms with Crippen LogP contribution in [-0.2, 0) is 4.79 Å². The number of urea groups is 1. The van der Waals surface area contributed by atoms with Crippen molar-refractivity contribution in [2.75, 3.05) is 4.90 Å². The number of carbonyl (C=O) groups excluding carboxylic acids is 2. The highest BCUT2D eigenvalue weighted by atomic mass is 35.5. The van der Waals surface area contributed by atoms with Gasteiger partial charge < -0.3 is 0 Å². The Hall–Kier alpha value is -2.71. The van der Waals surface area contributed by atoms with Gasteiger partial charge in [-0.1, -0.05) is 23.2 Å². The summed E-state index contributed by atoms with van der Waals surface area (Å²) in [6.45, 7) is 0. The van der Waals surface area contributed by atoms with Crippen LogP contribution in [0.2, 0.25) is 10.0 Å². The molecule has 1 fully saturated rings. The van der Waals surface area contributed by atoms with Crippen molar-refractivity contribution in [2.24, 2.45) is 0 Å². The molecule has 3 rings (SSSR count). The molecule has 3 amide bonds. The summed E-state index contributed by atoms with van der Waals surface area (Å²) in [4.78, 5) is 35.5. The molecule has 25 heavy (non-hydrogen) atoms. The van der Waals surface area contributed by atoms with Crippen LogP contribution in [0.25, 0.3) is 0 Å². The number of carbonyl (C=O) groups is 2. The van der Waals surface area contributed by atoms with Crippen molar-refractivity contribution in [3.05, 3.63) is 67.9 Å². The number of hydrogen-bond acceptors (Lipinski definition) is 4. The third-order valence-corrected chi connectivity index (χ3v) is 4.25. The molecule has 0 radical (unpaired) electrons. The second-order valence-corrected chi connectivity index (χ2v) is 5.94. The van der Waals surface area contributed by atoms with Crippen LogP contribution in [0.4, 0.5) is 20.6 Å². The number of anilines is 1. The van der Waals surface area contributed by atoms with E-state index < -0.39 is 28.7 Å². The van der Waals surface area contributed by atoms with Crippen LogP contribution in [0, 0.1) is 15.9 Å². The smallest absolute Gasteiger partial charge is 0.277 e. The van der Waals surface area contributed by atoms with Crippen molar-refractivity contribution < 1.29 is 18.9 Å². The van der Waals surface area contributed by atoms with Crippen LogP contribution >= 0.6 is 23.2 Å². The van der Waals surface area contributed by atoms with Crippen molar-refractivity contribution in [1.29, 1.82) is 0 Å². The molecule has 1 N–H and O–H groups in total. The van der Waals surface area contributed by atoms with Gasteiger partial charge in [-0.15, -0.1) is 0 Å². The lowest BCUT2D eigenvalue weighted by atomic mass is 10.0. The molecule has 128 valence electrons. The first-order valence-corrected chi connectivity index (χ1v) is 7.58. The minimum Gasteiger partial charge on any atom is -0.277 e. The predicted molar refractivity (Wildman–Crippen MR) is 88.3 cm³/mol. The highest BCUT2D eigenvalue weighted by Crippen LogP contribution is 2.37. The van der Waals surface area contributed by atoms with E-state index in [-0.39, 0.29) is 27.0 Å². The Labute approximate surface area is 150 Å². The van der Waals surface area contributed by atoms with E-state index in [0.717, 1.165) is 17.0 Å². The van der Waals surface area contributed by atoms with Gasteiger partial charge in [0.2, 0.25) is 0 Å². The molecular formula is C15H8Cl2FN3O4. The zero-order chi connectivity index (χ0) is 18.3. The van der Waals surface area contributed by atoms with E-state index in [1.165, 1.54) is 24.3 Å². The molecule has 1 heterocycles. The van der Waals surface area contributed by atoms with E-state index in [2.05, 4.69) is 5.32 Å². The monoisotopic (exact) mass is 383 g/mol. The van der Waals surface area contributed by atoms with Gasteiger partial charge in [0.1, 0.15) is 11.9 Å². The minimum absolute atomic E-state index is 0.00756. The summed E-state index contributed by atoms with van der Waals surface area (Å²) in [5.41, 5.74) is 0.0810. The molecule has 0 saturated carbocycles. The fourth-order valence-corrected chi connectivity index (χ4v) is 2.98. The van der Waals surface area contributed by atoms with Gasteiger partial charge >= 0.3 is 6.03 Å². The molecule has 0 aliphatic carbocycles. The van der Waals surface area contributed by atoms with Crippen molar-refractivity contribution >= 4 is 46.5 Å². The first-order valence-electron chi connectivity index (χ1n) is 6.82. The summed E-state index contributed by atoms with van der Waals surface area (Å²) >= 11 is 11.7. The molecule has 0 aromatic heterocycles. The van der Waals surface area contributed by atoms with Crippen molar-refractivity contribution in [1.82, 2.24) is 5.32 Å². The Morgan fingerprint density at radius 3 is 2.36 bits per heavy atom. The lowest BCUT2D eigenvalue weighted by molar-refractivity contribution is -0.384. The number of halogens is 3. The summed E-state index contributed by atoms with van der Waals surface area (Å²) < 4.78 is 13.8. The molecular weight excluding hydrogens is 376 g/mol. The van der Waals surface area contributed by atoms with Crippen molar-refractivity contribution in [3.8, 4) is 0 Å². The zero-order valence-corrected chi connectivity index (χ0v) is 13.7. The van der Waals surface area contributed by atoms with Gasteiger partial charge in [0.15, 0.2) is 0 Å². The van der Waals surface area contributed by atoms with Gasteiger partial charge in [-0.05, 0) is 24.3 Å². The molecule has 1 aliphatic heterocycles. The summed E-state index contributed by atoms with van der Waals surface area (Å²) in [5.74, 6) is -1.50. The second kappa shape index (κ2) is 6.30. The van der Waals surface area contributed by atoms with E-state index in [1.54, 1.807) is 0 Å². The molecule has 1 atom stereocenters. The minimum atomic E-state index is -1.23. The van der Waals surface area contributed by atoms with Gasteiger partial charge in [-0.2, -0.15) is 0 Å². The summed E-state index contributed by atoms with van der Waals surface area (Å²) in [7, 11) is 0. The fraction of sp³-hybridized carbons (Fsp3) is 0.0667. The molecule has 1 saturated heterocycles. The maximum absolute atomic E-state index is 13.8. The number of nitro benzene ring substituents is 1. The Balaban J connectivity index is 2.08. The lowest BCUT2D eigenvalue weighted by Crippen LogP contribution is -2.29. The maximum atomic E-state index is 13.8. The third kappa shape index (κ3) is 3.01. The maximum Gasteiger partial charge on any atom is 0.329 e. The largest absolute Gasteiger partial charge is 0.329 e. The van der Waals surface area contributed by atoms with E-state index in [9.17, 15) is 24.1 Å². The predicted octanol–water partition coefficient (Wildman–Crippen LogP) is 3.84. The zero-order valence-electron chi connectivity index (χ0n) is 12.2. The molecule has 7 nitrogen and oxygen atoms in total. The van der Waals surface area contributed by atoms with Gasteiger partial charge in [0, 0.05) is 28.4 Å². The van der Waals surface area contributed by atoms with E-state index in [1.807, 2.05) is 0 Å². The van der Waals surface area contributed by atoms with Crippen molar-refractivity contribution in [3.63, 3.8) is 0 Å². The number of nitrogens with zero attached hydrogens (tertiary/aromatic N) is 2. The lowest BCUT2D eigenvalue weighted by Gasteiger charge is -2.23. The van der Waals surface area contributed by atoms with Gasteiger partial charge in [-0.3, -0.25) is 25.1 Å². The SMILES string of the molecule is O=C1NC(=O)N(c2ccc([N+](=O)[O-])cc2)C1c1cc(F)c(Cl)cc1Cl. The Morgan fingerprint density at radius 1 is 1.12 bits per heavy atom. The highest BCUT2D eigenvalue weighted by Gasteiger charge is 2.42. The first-order chi connectivity index (χ1) is 11.8. The number of imide groups is 1. The molecule has 1 unspecified atom stereocenters. The van der Waals surface area contributed by atoms with Gasteiger partial charge in [0.25, 0.3) is 11.6 Å². The molecule has 0 spiro atoms. The molecule has 2 aromatic rings. The van der Waals surface area contributed by atoms with Crippen LogP contribution in [0.3, 0.4) is 0 Å². The topological polar surface area (TPSA) is 92.6 Å².